The van der Waals surface area contributed by atoms with Crippen LogP contribution in [0.15, 0.2) is 64.5 Å². The maximum absolute atomic E-state index is 12.2. The van der Waals surface area contributed by atoms with Crippen LogP contribution in [0.4, 0.5) is 0 Å². The third-order valence-electron chi connectivity index (χ3n) is 2.44. The van der Waals surface area contributed by atoms with Gasteiger partial charge in [0.05, 0.1) is 0 Å². The van der Waals surface area contributed by atoms with Crippen molar-refractivity contribution >= 4 is 32.1 Å². The molecule has 2 aromatic rings. The Morgan fingerprint density at radius 1 is 1.05 bits per heavy atom. The van der Waals surface area contributed by atoms with Crippen LogP contribution in [-0.4, -0.2) is 8.42 Å². The molecule has 0 atom stereocenters. The van der Waals surface area contributed by atoms with E-state index in [-0.39, 0.29) is 10.6 Å². The van der Waals surface area contributed by atoms with Gasteiger partial charge in [-0.25, -0.2) is 0 Å². The summed E-state index contributed by atoms with van der Waals surface area (Å²) in [5, 5.41) is 0. The molecule has 0 N–H and O–H groups in total. The van der Waals surface area contributed by atoms with E-state index < -0.39 is 10.1 Å². The first-order chi connectivity index (χ1) is 9.04. The number of para-hydroxylation sites is 1. The summed E-state index contributed by atoms with van der Waals surface area (Å²) in [6.45, 7) is 3.63. The highest BCUT2D eigenvalue weighted by atomic mass is 79.9. The topological polar surface area (TPSA) is 43.4 Å². The second kappa shape index (κ2) is 5.59. The molecule has 19 heavy (non-hydrogen) atoms. The van der Waals surface area contributed by atoms with Gasteiger partial charge in [0.1, 0.15) is 10.6 Å². The Balaban J connectivity index is 2.43. The summed E-state index contributed by atoms with van der Waals surface area (Å²) in [4.78, 5) is 0.0915. The Bertz CT molecular complexity index is 708. The second-order valence-electron chi connectivity index (χ2n) is 3.71. The van der Waals surface area contributed by atoms with Crippen molar-refractivity contribution < 1.29 is 12.6 Å². The summed E-state index contributed by atoms with van der Waals surface area (Å²) in [5.74, 6) is 0.258. The third-order valence-corrected chi connectivity index (χ3v) is 4.69. The van der Waals surface area contributed by atoms with E-state index >= 15 is 0 Å². The fraction of sp³-hybridized carbons (Fsp3) is 0. The van der Waals surface area contributed by atoms with E-state index in [9.17, 15) is 8.42 Å². The quantitative estimate of drug-likeness (QED) is 0.795. The van der Waals surface area contributed by atoms with Crippen molar-refractivity contribution in [1.29, 1.82) is 0 Å². The molecular weight excluding hydrogens is 328 g/mol. The molecule has 3 nitrogen and oxygen atoms in total. The van der Waals surface area contributed by atoms with Crippen LogP contribution in [0, 0.1) is 0 Å². The molecule has 5 heteroatoms. The molecule has 0 heterocycles. The molecule has 0 aliphatic rings. The lowest BCUT2D eigenvalue weighted by Gasteiger charge is -2.10. The normalized spacial score (nSPS) is 11.0. The van der Waals surface area contributed by atoms with Gasteiger partial charge in [-0.1, -0.05) is 43.0 Å². The van der Waals surface area contributed by atoms with Crippen molar-refractivity contribution in [3.05, 3.63) is 65.1 Å². The first kappa shape index (κ1) is 13.8. The number of rotatable bonds is 4. The van der Waals surface area contributed by atoms with Crippen molar-refractivity contribution in [3.63, 3.8) is 0 Å². The molecule has 0 aromatic heterocycles. The fourth-order valence-corrected chi connectivity index (χ4v) is 3.45. The molecule has 0 bridgehead atoms. The molecule has 98 valence electrons. The lowest BCUT2D eigenvalue weighted by molar-refractivity contribution is 0.485. The van der Waals surface area contributed by atoms with E-state index in [2.05, 4.69) is 22.5 Å². The van der Waals surface area contributed by atoms with E-state index in [1.54, 1.807) is 48.5 Å². The van der Waals surface area contributed by atoms with Gasteiger partial charge < -0.3 is 4.18 Å². The lowest BCUT2D eigenvalue weighted by atomic mass is 10.2. The van der Waals surface area contributed by atoms with E-state index in [1.807, 2.05) is 0 Å². The second-order valence-corrected chi connectivity index (χ2v) is 6.08. The molecule has 2 rings (SSSR count). The van der Waals surface area contributed by atoms with Crippen LogP contribution in [-0.2, 0) is 10.1 Å². The number of hydrogen-bond acceptors (Lipinski definition) is 3. The summed E-state index contributed by atoms with van der Waals surface area (Å²) in [5.41, 5.74) is 0.623. The highest BCUT2D eigenvalue weighted by Gasteiger charge is 2.20. The van der Waals surface area contributed by atoms with E-state index in [4.69, 9.17) is 4.18 Å². The lowest BCUT2D eigenvalue weighted by Crippen LogP contribution is -2.11. The van der Waals surface area contributed by atoms with Gasteiger partial charge in [-0.15, -0.1) is 0 Å². The van der Waals surface area contributed by atoms with Gasteiger partial charge in [0, 0.05) is 10.0 Å². The SMILES string of the molecule is C=Cc1ccccc1OS(=O)(=O)c1ccccc1Br. The summed E-state index contributed by atoms with van der Waals surface area (Å²) < 4.78 is 30.0. The minimum atomic E-state index is -3.87. The predicted molar refractivity (Wildman–Crippen MR) is 78.5 cm³/mol. The molecule has 0 aliphatic carbocycles. The zero-order valence-electron chi connectivity index (χ0n) is 9.91. The zero-order chi connectivity index (χ0) is 13.9. The Kier molecular flexibility index (Phi) is 4.07. The Morgan fingerprint density at radius 3 is 2.37 bits per heavy atom. The summed E-state index contributed by atoms with van der Waals surface area (Å²) in [7, 11) is -3.87. The molecule has 0 saturated carbocycles. The van der Waals surface area contributed by atoms with Crippen LogP contribution in [0.5, 0.6) is 5.75 Å². The van der Waals surface area contributed by atoms with Gasteiger partial charge in [-0.2, -0.15) is 8.42 Å². The van der Waals surface area contributed by atoms with Crippen LogP contribution in [0.1, 0.15) is 5.56 Å². The largest absolute Gasteiger partial charge is 0.378 e. The molecular formula is C14H11BrO3S. The minimum absolute atomic E-state index is 0.0915. The standard InChI is InChI=1S/C14H11BrO3S/c1-2-11-7-3-5-9-13(11)18-19(16,17)14-10-6-4-8-12(14)15/h2-10H,1H2. The van der Waals surface area contributed by atoms with Crippen LogP contribution in [0.25, 0.3) is 6.08 Å². The van der Waals surface area contributed by atoms with E-state index in [0.29, 0.717) is 10.0 Å². The van der Waals surface area contributed by atoms with Crippen molar-refractivity contribution in [2.24, 2.45) is 0 Å². The van der Waals surface area contributed by atoms with Crippen LogP contribution in [0.2, 0.25) is 0 Å². The molecule has 0 fully saturated rings. The van der Waals surface area contributed by atoms with Gasteiger partial charge in [0.25, 0.3) is 0 Å². The first-order valence-corrected chi connectivity index (χ1v) is 7.65. The zero-order valence-corrected chi connectivity index (χ0v) is 12.3. The first-order valence-electron chi connectivity index (χ1n) is 5.45. The molecule has 2 aromatic carbocycles. The molecule has 0 spiro atoms. The maximum atomic E-state index is 12.2. The average Bonchev–Trinajstić information content (AvgIpc) is 2.39. The van der Waals surface area contributed by atoms with Gasteiger partial charge >= 0.3 is 10.1 Å². The summed E-state index contributed by atoms with van der Waals surface area (Å²) >= 11 is 3.20. The summed E-state index contributed by atoms with van der Waals surface area (Å²) in [6, 6.07) is 13.3. The molecule has 0 unspecified atom stereocenters. The average molecular weight is 339 g/mol. The van der Waals surface area contributed by atoms with Crippen LogP contribution in [0.3, 0.4) is 0 Å². The fourth-order valence-electron chi connectivity index (χ4n) is 1.54. The molecule has 0 radical (unpaired) electrons. The predicted octanol–water partition coefficient (Wildman–Crippen LogP) is 3.86. The molecule has 0 amide bonds. The van der Waals surface area contributed by atoms with Gasteiger partial charge in [0.2, 0.25) is 0 Å². The number of halogens is 1. The Labute approximate surface area is 120 Å². The summed E-state index contributed by atoms with van der Waals surface area (Å²) in [6.07, 6.45) is 1.55. The Hall–Kier alpha value is -1.59. The number of benzene rings is 2. The van der Waals surface area contributed by atoms with E-state index in [1.165, 1.54) is 6.07 Å². The highest BCUT2D eigenvalue weighted by molar-refractivity contribution is 9.10. The third kappa shape index (κ3) is 3.05. The number of hydrogen-bond donors (Lipinski definition) is 0. The van der Waals surface area contributed by atoms with Crippen LogP contribution >= 0.6 is 15.9 Å². The van der Waals surface area contributed by atoms with Gasteiger partial charge in [0.15, 0.2) is 0 Å². The van der Waals surface area contributed by atoms with Crippen molar-refractivity contribution in [1.82, 2.24) is 0 Å². The Morgan fingerprint density at radius 2 is 1.68 bits per heavy atom. The highest BCUT2D eigenvalue weighted by Crippen LogP contribution is 2.27. The van der Waals surface area contributed by atoms with Gasteiger partial charge in [-0.05, 0) is 34.1 Å². The maximum Gasteiger partial charge on any atom is 0.340 e. The van der Waals surface area contributed by atoms with Crippen molar-refractivity contribution in [3.8, 4) is 5.75 Å². The van der Waals surface area contributed by atoms with Crippen molar-refractivity contribution in [2.45, 2.75) is 4.90 Å². The monoisotopic (exact) mass is 338 g/mol. The minimum Gasteiger partial charge on any atom is -0.378 e. The molecule has 0 aliphatic heterocycles. The van der Waals surface area contributed by atoms with E-state index in [0.717, 1.165) is 0 Å². The molecule has 0 saturated heterocycles. The smallest absolute Gasteiger partial charge is 0.340 e. The van der Waals surface area contributed by atoms with Crippen LogP contribution < -0.4 is 4.18 Å². The van der Waals surface area contributed by atoms with Gasteiger partial charge in [-0.3, -0.25) is 0 Å². The van der Waals surface area contributed by atoms with Crippen molar-refractivity contribution in [2.75, 3.05) is 0 Å².